The van der Waals surface area contributed by atoms with Crippen molar-refractivity contribution < 1.29 is 14.6 Å². The number of aliphatic hydroxyl groups excluding tert-OH is 1. The maximum absolute atomic E-state index is 12.0. The fourth-order valence-electron chi connectivity index (χ4n) is 4.92. The van der Waals surface area contributed by atoms with Crippen LogP contribution in [0.1, 0.15) is 46.5 Å². The lowest BCUT2D eigenvalue weighted by Gasteiger charge is -2.55. The molecule has 0 saturated heterocycles. The second-order valence-electron chi connectivity index (χ2n) is 7.06. The zero-order valence-corrected chi connectivity index (χ0v) is 11.5. The fraction of sp³-hybridized carbons (Fsp3) is 0.800. The summed E-state index contributed by atoms with van der Waals surface area (Å²) in [6, 6.07) is 0. The second-order valence-corrected chi connectivity index (χ2v) is 7.06. The average molecular weight is 250 g/mol. The first-order chi connectivity index (χ1) is 8.36. The van der Waals surface area contributed by atoms with E-state index in [2.05, 4.69) is 20.8 Å². The van der Waals surface area contributed by atoms with Gasteiger partial charge in [0.1, 0.15) is 6.61 Å². The smallest absolute Gasteiger partial charge is 0.334 e. The molecule has 0 aromatic carbocycles. The largest absolute Gasteiger partial charge is 0.458 e. The molecule has 3 aliphatic rings. The van der Waals surface area contributed by atoms with E-state index in [4.69, 9.17) is 4.74 Å². The minimum absolute atomic E-state index is 0.0911. The van der Waals surface area contributed by atoms with Crippen molar-refractivity contribution >= 4 is 5.97 Å². The first kappa shape index (κ1) is 12.2. The van der Waals surface area contributed by atoms with Gasteiger partial charge in [-0.3, -0.25) is 0 Å². The SMILES string of the molecule is CC1(C)CCC[C@]2(C)C3=C(COC3=O)C[C@@H](O)[C@H]12. The van der Waals surface area contributed by atoms with Crippen LogP contribution in [0.15, 0.2) is 11.1 Å². The molecule has 3 atom stereocenters. The van der Waals surface area contributed by atoms with Crippen molar-refractivity contribution in [2.45, 2.75) is 52.6 Å². The van der Waals surface area contributed by atoms with Crippen LogP contribution >= 0.6 is 0 Å². The minimum atomic E-state index is -0.335. The Morgan fingerprint density at radius 2 is 2.00 bits per heavy atom. The van der Waals surface area contributed by atoms with Gasteiger partial charge in [0, 0.05) is 11.0 Å². The lowest BCUT2D eigenvalue weighted by atomic mass is 9.49. The summed E-state index contributed by atoms with van der Waals surface area (Å²) in [5.74, 6) is 0.0326. The molecule has 1 saturated carbocycles. The lowest BCUT2D eigenvalue weighted by Crippen LogP contribution is -2.52. The molecule has 0 unspecified atom stereocenters. The van der Waals surface area contributed by atoms with E-state index >= 15 is 0 Å². The van der Waals surface area contributed by atoms with E-state index < -0.39 is 0 Å². The Labute approximate surface area is 108 Å². The summed E-state index contributed by atoms with van der Waals surface area (Å²) in [5.41, 5.74) is 1.84. The van der Waals surface area contributed by atoms with Gasteiger partial charge in [0.05, 0.1) is 6.10 Å². The highest BCUT2D eigenvalue weighted by atomic mass is 16.5. The molecule has 0 bridgehead atoms. The first-order valence-corrected chi connectivity index (χ1v) is 6.94. The third kappa shape index (κ3) is 1.43. The first-order valence-electron chi connectivity index (χ1n) is 6.94. The van der Waals surface area contributed by atoms with Crippen LogP contribution < -0.4 is 0 Å². The molecule has 2 aliphatic carbocycles. The van der Waals surface area contributed by atoms with Gasteiger partial charge in [0.2, 0.25) is 0 Å². The van der Waals surface area contributed by atoms with Crippen LogP contribution in [-0.2, 0) is 9.53 Å². The van der Waals surface area contributed by atoms with E-state index in [1.807, 2.05) is 0 Å². The summed E-state index contributed by atoms with van der Waals surface area (Å²) in [7, 11) is 0. The molecule has 3 heteroatoms. The number of fused-ring (bicyclic) bond motifs is 2. The van der Waals surface area contributed by atoms with Crippen LogP contribution in [0.25, 0.3) is 0 Å². The molecule has 0 amide bonds. The molecular formula is C15H22O3. The quantitative estimate of drug-likeness (QED) is 0.672. The summed E-state index contributed by atoms with van der Waals surface area (Å²) < 4.78 is 5.21. The van der Waals surface area contributed by atoms with Crippen molar-refractivity contribution in [1.82, 2.24) is 0 Å². The Bertz CT molecular complexity index is 435. The van der Waals surface area contributed by atoms with Gasteiger partial charge in [-0.15, -0.1) is 0 Å². The monoisotopic (exact) mass is 250 g/mol. The molecule has 0 spiro atoms. The molecule has 1 N–H and O–H groups in total. The standard InChI is InChI=1S/C15H22O3/c1-14(2)5-4-6-15(3)11-9(8-18-13(11)17)7-10(16)12(14)15/h10,12,16H,4-8H2,1-3H3/t10-,12-,15-/m1/s1. The molecule has 1 aliphatic heterocycles. The van der Waals surface area contributed by atoms with Crippen LogP contribution in [0.4, 0.5) is 0 Å². The molecular weight excluding hydrogens is 228 g/mol. The van der Waals surface area contributed by atoms with E-state index in [9.17, 15) is 9.90 Å². The Morgan fingerprint density at radius 1 is 1.28 bits per heavy atom. The van der Waals surface area contributed by atoms with E-state index in [0.29, 0.717) is 13.0 Å². The summed E-state index contributed by atoms with van der Waals surface area (Å²) >= 11 is 0. The zero-order chi connectivity index (χ0) is 13.1. The lowest BCUT2D eigenvalue weighted by molar-refractivity contribution is -0.139. The van der Waals surface area contributed by atoms with Gasteiger partial charge in [-0.1, -0.05) is 27.2 Å². The number of hydrogen-bond donors (Lipinski definition) is 1. The van der Waals surface area contributed by atoms with Crippen LogP contribution in [0.5, 0.6) is 0 Å². The molecule has 0 aromatic heterocycles. The predicted octanol–water partition coefficient (Wildman–Crippen LogP) is 2.44. The number of carbonyl (C=O) groups excluding carboxylic acids is 1. The maximum Gasteiger partial charge on any atom is 0.334 e. The number of cyclic esters (lactones) is 1. The van der Waals surface area contributed by atoms with Gasteiger partial charge >= 0.3 is 5.97 Å². The number of esters is 1. The van der Waals surface area contributed by atoms with Crippen molar-refractivity contribution in [1.29, 1.82) is 0 Å². The zero-order valence-electron chi connectivity index (χ0n) is 11.5. The third-order valence-electron chi connectivity index (χ3n) is 5.39. The highest BCUT2D eigenvalue weighted by molar-refractivity contribution is 5.93. The van der Waals surface area contributed by atoms with Gasteiger partial charge in [0.15, 0.2) is 0 Å². The maximum atomic E-state index is 12.0. The van der Waals surface area contributed by atoms with Gasteiger partial charge in [-0.2, -0.15) is 0 Å². The van der Waals surface area contributed by atoms with Crippen molar-refractivity contribution in [2.75, 3.05) is 6.61 Å². The van der Waals surface area contributed by atoms with Gasteiger partial charge < -0.3 is 9.84 Å². The predicted molar refractivity (Wildman–Crippen MR) is 67.8 cm³/mol. The summed E-state index contributed by atoms with van der Waals surface area (Å²) in [5, 5.41) is 10.5. The number of hydrogen-bond acceptors (Lipinski definition) is 3. The highest BCUT2D eigenvalue weighted by Gasteiger charge is 2.57. The van der Waals surface area contributed by atoms with Crippen molar-refractivity contribution in [3.8, 4) is 0 Å². The Kier molecular flexibility index (Phi) is 2.44. The number of rotatable bonds is 0. The minimum Gasteiger partial charge on any atom is -0.458 e. The summed E-state index contributed by atoms with van der Waals surface area (Å²) in [4.78, 5) is 12.0. The van der Waals surface area contributed by atoms with Crippen molar-refractivity contribution in [3.63, 3.8) is 0 Å². The van der Waals surface area contributed by atoms with E-state index in [1.54, 1.807) is 0 Å². The molecule has 1 heterocycles. The molecule has 3 nitrogen and oxygen atoms in total. The van der Waals surface area contributed by atoms with E-state index in [0.717, 1.165) is 30.4 Å². The molecule has 18 heavy (non-hydrogen) atoms. The van der Waals surface area contributed by atoms with Crippen LogP contribution in [-0.4, -0.2) is 23.8 Å². The van der Waals surface area contributed by atoms with E-state index in [-0.39, 0.29) is 28.8 Å². The summed E-state index contributed by atoms with van der Waals surface area (Å²) in [6.45, 7) is 7.01. The Hall–Kier alpha value is -0.830. The summed E-state index contributed by atoms with van der Waals surface area (Å²) in [6.07, 6.45) is 3.52. The molecule has 0 radical (unpaired) electrons. The Morgan fingerprint density at radius 3 is 2.72 bits per heavy atom. The molecule has 0 aromatic rings. The third-order valence-corrected chi connectivity index (χ3v) is 5.39. The normalized spacial score (nSPS) is 42.3. The van der Waals surface area contributed by atoms with Crippen molar-refractivity contribution in [2.24, 2.45) is 16.7 Å². The molecule has 1 fully saturated rings. The molecule has 3 rings (SSSR count). The topological polar surface area (TPSA) is 46.5 Å². The average Bonchev–Trinajstić information content (AvgIpc) is 2.58. The van der Waals surface area contributed by atoms with Gasteiger partial charge in [-0.25, -0.2) is 4.79 Å². The highest BCUT2D eigenvalue weighted by Crippen LogP contribution is 2.60. The number of ether oxygens (including phenoxy) is 1. The number of carbonyl (C=O) groups is 1. The van der Waals surface area contributed by atoms with Crippen LogP contribution in [0.3, 0.4) is 0 Å². The molecule has 100 valence electrons. The van der Waals surface area contributed by atoms with E-state index in [1.165, 1.54) is 0 Å². The van der Waals surface area contributed by atoms with Gasteiger partial charge in [-0.05, 0) is 36.2 Å². The number of aliphatic hydroxyl groups is 1. The van der Waals surface area contributed by atoms with Crippen LogP contribution in [0.2, 0.25) is 0 Å². The second kappa shape index (κ2) is 3.60. The Balaban J connectivity index is 2.13. The van der Waals surface area contributed by atoms with Crippen molar-refractivity contribution in [3.05, 3.63) is 11.1 Å². The van der Waals surface area contributed by atoms with Crippen LogP contribution in [0, 0.1) is 16.7 Å². The van der Waals surface area contributed by atoms with Gasteiger partial charge in [0.25, 0.3) is 0 Å². The fourth-order valence-corrected chi connectivity index (χ4v) is 4.92.